The van der Waals surface area contributed by atoms with Crippen LogP contribution in [-0.2, 0) is 12.3 Å². The molecule has 3 nitrogen and oxygen atoms in total. The first kappa shape index (κ1) is 16.2. The highest BCUT2D eigenvalue weighted by Gasteiger charge is 2.13. The third-order valence-electron chi connectivity index (χ3n) is 3.58. The first-order chi connectivity index (χ1) is 11.2. The van der Waals surface area contributed by atoms with Gasteiger partial charge in [0.25, 0.3) is 5.56 Å². The van der Waals surface area contributed by atoms with Crippen LogP contribution in [0.1, 0.15) is 25.3 Å². The summed E-state index contributed by atoms with van der Waals surface area (Å²) in [5, 5.41) is 2.55. The van der Waals surface area contributed by atoms with Gasteiger partial charge in [0.2, 0.25) is 0 Å². The number of thiophene rings is 1. The largest absolute Gasteiger partial charge is 0.286 e. The van der Waals surface area contributed by atoms with E-state index < -0.39 is 0 Å². The van der Waals surface area contributed by atoms with E-state index in [1.165, 1.54) is 29.2 Å². The molecule has 6 heteroatoms. The molecule has 0 saturated heterocycles. The van der Waals surface area contributed by atoms with Gasteiger partial charge in [-0.05, 0) is 29.5 Å². The summed E-state index contributed by atoms with van der Waals surface area (Å²) >= 11 is 2.84. The van der Waals surface area contributed by atoms with Crippen LogP contribution in [0.25, 0.3) is 10.2 Å². The van der Waals surface area contributed by atoms with Crippen LogP contribution >= 0.6 is 23.1 Å². The van der Waals surface area contributed by atoms with E-state index in [0.29, 0.717) is 27.7 Å². The standard InChI is InChI=1S/C17H17FN2OS2/c1-2-3-9-20-16(21)15-14(8-10-22-15)19-17(20)23-11-12-6-4-5-7-13(12)18/h4-8,10H,2-3,9,11H2,1H3. The molecular weight excluding hydrogens is 331 g/mol. The number of hydrogen-bond donors (Lipinski definition) is 0. The minimum Gasteiger partial charge on any atom is -0.286 e. The Kier molecular flexibility index (Phi) is 5.13. The van der Waals surface area contributed by atoms with Crippen LogP contribution in [0.2, 0.25) is 0 Å². The Labute approximate surface area is 142 Å². The number of unbranched alkanes of at least 4 members (excludes halogenated alkanes) is 1. The Balaban J connectivity index is 1.94. The van der Waals surface area contributed by atoms with Crippen molar-refractivity contribution in [2.45, 2.75) is 37.2 Å². The van der Waals surface area contributed by atoms with Gasteiger partial charge in [0.15, 0.2) is 5.16 Å². The van der Waals surface area contributed by atoms with Crippen LogP contribution in [0.3, 0.4) is 0 Å². The molecule has 23 heavy (non-hydrogen) atoms. The molecule has 0 bridgehead atoms. The lowest BCUT2D eigenvalue weighted by Gasteiger charge is -2.11. The summed E-state index contributed by atoms with van der Waals surface area (Å²) in [4.78, 5) is 17.2. The molecule has 0 aliphatic rings. The Morgan fingerprint density at radius 1 is 1.30 bits per heavy atom. The molecule has 120 valence electrons. The number of benzene rings is 1. The van der Waals surface area contributed by atoms with Gasteiger partial charge in [-0.3, -0.25) is 9.36 Å². The van der Waals surface area contributed by atoms with E-state index in [9.17, 15) is 9.18 Å². The lowest BCUT2D eigenvalue weighted by Crippen LogP contribution is -2.22. The number of hydrogen-bond acceptors (Lipinski definition) is 4. The van der Waals surface area contributed by atoms with Gasteiger partial charge in [-0.25, -0.2) is 9.37 Å². The van der Waals surface area contributed by atoms with Crippen molar-refractivity contribution in [2.75, 3.05) is 0 Å². The van der Waals surface area contributed by atoms with Crippen molar-refractivity contribution in [1.29, 1.82) is 0 Å². The lowest BCUT2D eigenvalue weighted by atomic mass is 10.2. The number of fused-ring (bicyclic) bond motifs is 1. The summed E-state index contributed by atoms with van der Waals surface area (Å²) in [5.74, 6) is 0.236. The fourth-order valence-electron chi connectivity index (χ4n) is 2.30. The minimum absolute atomic E-state index is 0.00878. The normalized spacial score (nSPS) is 11.2. The van der Waals surface area contributed by atoms with Crippen LogP contribution < -0.4 is 5.56 Å². The molecule has 1 aromatic carbocycles. The zero-order valence-electron chi connectivity index (χ0n) is 12.8. The van der Waals surface area contributed by atoms with Gasteiger partial charge in [0.05, 0.1) is 5.52 Å². The van der Waals surface area contributed by atoms with Gasteiger partial charge in [-0.15, -0.1) is 11.3 Å². The van der Waals surface area contributed by atoms with Crippen molar-refractivity contribution in [3.63, 3.8) is 0 Å². The van der Waals surface area contributed by atoms with Crippen LogP contribution in [0, 0.1) is 5.82 Å². The summed E-state index contributed by atoms with van der Waals surface area (Å²) in [5.41, 5.74) is 1.36. The quantitative estimate of drug-likeness (QED) is 0.479. The summed E-state index contributed by atoms with van der Waals surface area (Å²) < 4.78 is 16.2. The van der Waals surface area contributed by atoms with E-state index in [2.05, 4.69) is 11.9 Å². The van der Waals surface area contributed by atoms with E-state index >= 15 is 0 Å². The van der Waals surface area contributed by atoms with Crippen molar-refractivity contribution >= 4 is 33.3 Å². The van der Waals surface area contributed by atoms with E-state index in [4.69, 9.17) is 0 Å². The Morgan fingerprint density at radius 2 is 2.13 bits per heavy atom. The molecular formula is C17H17FN2OS2. The maximum Gasteiger partial charge on any atom is 0.272 e. The van der Waals surface area contributed by atoms with Crippen LogP contribution in [0.4, 0.5) is 4.39 Å². The molecule has 0 unspecified atom stereocenters. The minimum atomic E-state index is -0.223. The second-order valence-corrected chi connectivity index (χ2v) is 7.08. The molecule has 0 fully saturated rings. The summed E-state index contributed by atoms with van der Waals surface area (Å²) in [6, 6.07) is 8.57. The highest BCUT2D eigenvalue weighted by Crippen LogP contribution is 2.25. The molecule has 0 spiro atoms. The van der Waals surface area contributed by atoms with Crippen molar-refractivity contribution in [2.24, 2.45) is 0 Å². The lowest BCUT2D eigenvalue weighted by molar-refractivity contribution is 0.558. The molecule has 0 atom stereocenters. The molecule has 2 aromatic heterocycles. The molecule has 0 aliphatic heterocycles. The summed E-state index contributed by atoms with van der Waals surface area (Å²) in [6.07, 6.45) is 1.93. The zero-order chi connectivity index (χ0) is 16.2. The van der Waals surface area contributed by atoms with Crippen LogP contribution in [0.15, 0.2) is 45.7 Å². The average molecular weight is 348 g/mol. The summed E-state index contributed by atoms with van der Waals surface area (Å²) in [6.45, 7) is 2.74. The number of thioether (sulfide) groups is 1. The topological polar surface area (TPSA) is 34.9 Å². The molecule has 3 rings (SSSR count). The number of nitrogens with zero attached hydrogens (tertiary/aromatic N) is 2. The van der Waals surface area contributed by atoms with Crippen LogP contribution in [0.5, 0.6) is 0 Å². The second kappa shape index (κ2) is 7.27. The van der Waals surface area contributed by atoms with E-state index in [1.54, 1.807) is 16.7 Å². The fourth-order valence-corrected chi connectivity index (χ4v) is 4.09. The monoisotopic (exact) mass is 348 g/mol. The first-order valence-electron chi connectivity index (χ1n) is 7.55. The number of rotatable bonds is 6. The molecule has 3 aromatic rings. The highest BCUT2D eigenvalue weighted by molar-refractivity contribution is 7.98. The van der Waals surface area contributed by atoms with Gasteiger partial charge in [-0.1, -0.05) is 43.3 Å². The van der Waals surface area contributed by atoms with E-state index in [0.717, 1.165) is 18.4 Å². The van der Waals surface area contributed by atoms with Gasteiger partial charge in [-0.2, -0.15) is 0 Å². The predicted molar refractivity (Wildman–Crippen MR) is 94.7 cm³/mol. The SMILES string of the molecule is CCCCn1c(SCc2ccccc2F)nc2ccsc2c1=O. The van der Waals surface area contributed by atoms with Gasteiger partial charge in [0, 0.05) is 12.3 Å². The summed E-state index contributed by atoms with van der Waals surface area (Å²) in [7, 11) is 0. The molecule has 2 heterocycles. The third kappa shape index (κ3) is 3.48. The maximum absolute atomic E-state index is 13.8. The van der Waals surface area contributed by atoms with E-state index in [-0.39, 0.29) is 11.4 Å². The second-order valence-electron chi connectivity index (χ2n) is 5.22. The Hall–Kier alpha value is -1.66. The smallest absolute Gasteiger partial charge is 0.272 e. The molecule has 0 N–H and O–H groups in total. The number of aromatic nitrogens is 2. The molecule has 0 saturated carbocycles. The van der Waals surface area contributed by atoms with Crippen LogP contribution in [-0.4, -0.2) is 9.55 Å². The molecule has 0 aliphatic carbocycles. The number of halogens is 1. The Morgan fingerprint density at radius 3 is 2.91 bits per heavy atom. The van der Waals surface area contributed by atoms with Gasteiger partial charge in [0.1, 0.15) is 10.5 Å². The molecule has 0 radical (unpaired) electrons. The van der Waals surface area contributed by atoms with Crippen molar-refractivity contribution < 1.29 is 4.39 Å². The first-order valence-corrected chi connectivity index (χ1v) is 9.41. The van der Waals surface area contributed by atoms with Gasteiger partial charge < -0.3 is 0 Å². The van der Waals surface area contributed by atoms with Crippen molar-refractivity contribution in [3.05, 3.63) is 57.4 Å². The van der Waals surface area contributed by atoms with Crippen molar-refractivity contribution in [1.82, 2.24) is 9.55 Å². The average Bonchev–Trinajstić information content (AvgIpc) is 3.02. The van der Waals surface area contributed by atoms with Crippen molar-refractivity contribution in [3.8, 4) is 0 Å². The Bertz CT molecular complexity index is 872. The van der Waals surface area contributed by atoms with E-state index in [1.807, 2.05) is 17.5 Å². The van der Waals surface area contributed by atoms with Gasteiger partial charge >= 0.3 is 0 Å². The zero-order valence-corrected chi connectivity index (χ0v) is 14.4. The predicted octanol–water partition coefficient (Wildman–Crippen LogP) is 4.69. The molecule has 0 amide bonds. The highest BCUT2D eigenvalue weighted by atomic mass is 32.2. The maximum atomic E-state index is 13.8. The fraction of sp³-hybridized carbons (Fsp3) is 0.294. The third-order valence-corrected chi connectivity index (χ3v) is 5.50.